The van der Waals surface area contributed by atoms with Gasteiger partial charge in [0.05, 0.1) is 23.3 Å². The Balaban J connectivity index is 1.41. The molecule has 11 nitrogen and oxygen atoms in total. The Hall–Kier alpha value is -3.21. The molecule has 0 aliphatic carbocycles. The number of ether oxygens (including phenoxy) is 2. The van der Waals surface area contributed by atoms with E-state index in [9.17, 15) is 20.0 Å². The fourth-order valence-electron chi connectivity index (χ4n) is 4.40. The van der Waals surface area contributed by atoms with Crippen molar-refractivity contribution in [3.8, 4) is 11.8 Å². The van der Waals surface area contributed by atoms with Crippen molar-refractivity contribution in [2.75, 3.05) is 31.1 Å². The van der Waals surface area contributed by atoms with Crippen LogP contribution in [0.3, 0.4) is 0 Å². The highest BCUT2D eigenvalue weighted by Gasteiger charge is 2.41. The number of halogens is 1. The molecular formula is C22H28ClN5O6. The Morgan fingerprint density at radius 2 is 2.15 bits per heavy atom. The first-order valence-corrected chi connectivity index (χ1v) is 11.3. The zero-order valence-electron chi connectivity index (χ0n) is 19.5. The molecule has 2 aliphatic rings. The van der Waals surface area contributed by atoms with Gasteiger partial charge in [0.25, 0.3) is 0 Å². The molecule has 0 bridgehead atoms. The largest absolute Gasteiger partial charge is 0.489 e. The van der Waals surface area contributed by atoms with E-state index in [2.05, 4.69) is 9.88 Å². The minimum absolute atomic E-state index is 0.174. The molecule has 2 aliphatic heterocycles. The molecule has 0 saturated carbocycles. The van der Waals surface area contributed by atoms with Crippen molar-refractivity contribution in [1.29, 1.82) is 0 Å². The molecule has 3 heterocycles. The first-order chi connectivity index (χ1) is 15.9. The third-order valence-electron chi connectivity index (χ3n) is 6.19. The van der Waals surface area contributed by atoms with Crippen LogP contribution < -0.4 is 14.4 Å². The second-order valence-corrected chi connectivity index (χ2v) is 10.4. The zero-order chi connectivity index (χ0) is 24.8. The monoisotopic (exact) mass is 493 g/mol. The number of fused-ring (bicyclic) bond motifs is 1. The summed E-state index contributed by atoms with van der Waals surface area (Å²) in [4.78, 5) is 29.5. The second kappa shape index (κ2) is 8.53. The summed E-state index contributed by atoms with van der Waals surface area (Å²) in [7, 11) is 0. The number of piperazine rings is 1. The summed E-state index contributed by atoms with van der Waals surface area (Å²) in [6.45, 7) is 10.00. The molecule has 12 heteroatoms. The molecule has 1 amide bonds. The van der Waals surface area contributed by atoms with Crippen LogP contribution >= 0.6 is 11.6 Å². The number of amides is 1. The average molecular weight is 494 g/mol. The fraction of sp³-hybridized carbons (Fsp3) is 0.545. The molecule has 1 N–H and O–H groups in total. The summed E-state index contributed by atoms with van der Waals surface area (Å²) in [5, 5.41) is 21.0. The van der Waals surface area contributed by atoms with E-state index in [1.807, 2.05) is 39.8 Å². The summed E-state index contributed by atoms with van der Waals surface area (Å²) >= 11 is 6.60. The summed E-state index contributed by atoms with van der Waals surface area (Å²) in [5.41, 5.74) is -0.128. The third-order valence-corrected chi connectivity index (χ3v) is 6.49. The van der Waals surface area contributed by atoms with Gasteiger partial charge in [-0.05, 0) is 29.4 Å². The highest BCUT2D eigenvalue weighted by molar-refractivity contribution is 6.33. The molecule has 0 radical (unpaired) electrons. The van der Waals surface area contributed by atoms with Crippen LogP contribution in [0.2, 0.25) is 5.02 Å². The molecule has 1 saturated heterocycles. The number of hydrogen-bond donors (Lipinski definition) is 1. The quantitative estimate of drug-likeness (QED) is 0.491. The van der Waals surface area contributed by atoms with Crippen LogP contribution in [-0.2, 0) is 6.54 Å². The lowest BCUT2D eigenvalue weighted by Gasteiger charge is -2.46. The van der Waals surface area contributed by atoms with Crippen LogP contribution in [0.4, 0.5) is 16.3 Å². The van der Waals surface area contributed by atoms with Crippen molar-refractivity contribution in [1.82, 2.24) is 14.5 Å². The molecule has 1 aromatic carbocycles. The first-order valence-electron chi connectivity index (χ1n) is 10.9. The predicted octanol–water partition coefficient (Wildman–Crippen LogP) is 3.89. The lowest BCUT2D eigenvalue weighted by Crippen LogP contribution is -2.59. The van der Waals surface area contributed by atoms with Gasteiger partial charge in [0, 0.05) is 30.7 Å². The molecular weight excluding hydrogens is 466 g/mol. The maximum Gasteiger partial charge on any atom is 0.415 e. The van der Waals surface area contributed by atoms with Gasteiger partial charge < -0.3 is 34.5 Å². The van der Waals surface area contributed by atoms with Crippen LogP contribution in [0.5, 0.6) is 11.8 Å². The summed E-state index contributed by atoms with van der Waals surface area (Å²) in [5.74, 6) is 0.309. The predicted molar refractivity (Wildman–Crippen MR) is 125 cm³/mol. The van der Waals surface area contributed by atoms with Gasteiger partial charge in [-0.1, -0.05) is 32.4 Å². The van der Waals surface area contributed by atoms with Crippen LogP contribution in [0, 0.1) is 15.5 Å². The van der Waals surface area contributed by atoms with E-state index in [-0.39, 0.29) is 29.9 Å². The van der Waals surface area contributed by atoms with Crippen molar-refractivity contribution < 1.29 is 24.3 Å². The average Bonchev–Trinajstić information content (AvgIpc) is 3.27. The molecule has 1 unspecified atom stereocenters. The molecule has 0 spiro atoms. The molecule has 2 atom stereocenters. The minimum Gasteiger partial charge on any atom is -0.489 e. The van der Waals surface area contributed by atoms with E-state index in [4.69, 9.17) is 21.1 Å². The van der Waals surface area contributed by atoms with E-state index in [1.54, 1.807) is 10.6 Å². The van der Waals surface area contributed by atoms with Gasteiger partial charge in [-0.2, -0.15) is 0 Å². The number of nitro groups is 1. The maximum absolute atomic E-state index is 11.7. The second-order valence-electron chi connectivity index (χ2n) is 10.0. The van der Waals surface area contributed by atoms with Gasteiger partial charge in [0.2, 0.25) is 0 Å². The standard InChI is InChI=1S/C22H28ClN5O6/c1-21(2,3)17-10-25(7-8-27(17)20(29)30)16-6-5-14(9-15(16)23)33-13-22(4)12-26-11-18(28(31)32)24-19(26)34-22/h5-6,9,11,17H,7-8,10,12-13H2,1-4H3,(H,29,30)/t17-,22?/m0/s1. The molecule has 4 rings (SSSR count). The lowest BCUT2D eigenvalue weighted by atomic mass is 9.84. The first kappa shape index (κ1) is 23.9. The van der Waals surface area contributed by atoms with Crippen molar-refractivity contribution >= 4 is 29.2 Å². The molecule has 1 aromatic heterocycles. The number of imidazole rings is 1. The number of carbonyl (C=O) groups is 1. The van der Waals surface area contributed by atoms with Crippen LogP contribution in [0.15, 0.2) is 24.4 Å². The van der Waals surface area contributed by atoms with E-state index in [0.717, 1.165) is 5.69 Å². The summed E-state index contributed by atoms with van der Waals surface area (Å²) in [6, 6.07) is 5.44. The van der Waals surface area contributed by atoms with Gasteiger partial charge in [-0.15, -0.1) is 0 Å². The van der Waals surface area contributed by atoms with Crippen molar-refractivity contribution in [2.45, 2.75) is 45.9 Å². The topological polar surface area (TPSA) is 123 Å². The fourth-order valence-corrected chi connectivity index (χ4v) is 4.69. The van der Waals surface area contributed by atoms with E-state index in [0.29, 0.717) is 37.0 Å². The van der Waals surface area contributed by atoms with Crippen molar-refractivity contribution in [3.63, 3.8) is 0 Å². The number of benzene rings is 1. The Bertz CT molecular complexity index is 1090. The number of nitrogens with zero attached hydrogens (tertiary/aromatic N) is 5. The number of carboxylic acid groups (broad SMARTS) is 1. The Morgan fingerprint density at radius 3 is 2.74 bits per heavy atom. The molecule has 184 valence electrons. The smallest absolute Gasteiger partial charge is 0.415 e. The van der Waals surface area contributed by atoms with Crippen LogP contribution in [0.25, 0.3) is 0 Å². The van der Waals surface area contributed by atoms with Gasteiger partial charge in [-0.25, -0.2) is 4.79 Å². The normalized spacial score (nSPS) is 22.3. The van der Waals surface area contributed by atoms with Gasteiger partial charge in [0.15, 0.2) is 5.60 Å². The molecule has 2 aromatic rings. The number of rotatable bonds is 5. The number of anilines is 1. The van der Waals surface area contributed by atoms with Crippen molar-refractivity contribution in [3.05, 3.63) is 39.5 Å². The summed E-state index contributed by atoms with van der Waals surface area (Å²) < 4.78 is 13.3. The zero-order valence-corrected chi connectivity index (χ0v) is 20.3. The van der Waals surface area contributed by atoms with Gasteiger partial charge >= 0.3 is 17.9 Å². The Labute approximate surface area is 202 Å². The van der Waals surface area contributed by atoms with E-state index >= 15 is 0 Å². The van der Waals surface area contributed by atoms with Crippen molar-refractivity contribution in [2.24, 2.45) is 5.41 Å². The SMILES string of the molecule is CC1(COc2ccc(N3CCN(C(=O)O)[C@H](C(C)(C)C)C3)c(Cl)c2)Cn2cc([N+](=O)[O-])nc2O1. The van der Waals surface area contributed by atoms with Crippen LogP contribution in [0.1, 0.15) is 27.7 Å². The number of aromatic nitrogens is 2. The van der Waals surface area contributed by atoms with Gasteiger partial charge in [0.1, 0.15) is 18.6 Å². The Morgan fingerprint density at radius 1 is 1.41 bits per heavy atom. The minimum atomic E-state index is -0.909. The maximum atomic E-state index is 11.7. The highest BCUT2D eigenvalue weighted by Crippen LogP contribution is 2.36. The number of hydrogen-bond acceptors (Lipinski definition) is 7. The Kier molecular flexibility index (Phi) is 6.01. The van der Waals surface area contributed by atoms with E-state index < -0.39 is 16.6 Å². The van der Waals surface area contributed by atoms with E-state index in [1.165, 1.54) is 11.1 Å². The molecule has 1 fully saturated rings. The third kappa shape index (κ3) is 4.70. The van der Waals surface area contributed by atoms with Crippen LogP contribution in [-0.4, -0.2) is 68.5 Å². The summed E-state index contributed by atoms with van der Waals surface area (Å²) in [6.07, 6.45) is 0.440. The van der Waals surface area contributed by atoms with Gasteiger partial charge in [-0.3, -0.25) is 4.57 Å². The highest BCUT2D eigenvalue weighted by atomic mass is 35.5. The molecule has 34 heavy (non-hydrogen) atoms. The lowest BCUT2D eigenvalue weighted by molar-refractivity contribution is -0.389.